The Morgan fingerprint density at radius 1 is 0.893 bits per heavy atom. The van der Waals surface area contributed by atoms with Crippen molar-refractivity contribution in [3.05, 3.63) is 65.0 Å². The van der Waals surface area contributed by atoms with Crippen molar-refractivity contribution in [3.8, 4) is 0 Å². The normalized spacial score (nSPS) is 18.0. The minimum atomic E-state index is -3.61. The maximum absolute atomic E-state index is 13.9. The predicted molar refractivity (Wildman–Crippen MR) is 104 cm³/mol. The van der Waals surface area contributed by atoms with Gasteiger partial charge in [-0.2, -0.15) is 4.31 Å². The van der Waals surface area contributed by atoms with E-state index in [1.54, 1.807) is 24.3 Å². The van der Waals surface area contributed by atoms with E-state index < -0.39 is 21.7 Å². The third-order valence-corrected chi connectivity index (χ3v) is 7.45. The Bertz CT molecular complexity index is 1010. The van der Waals surface area contributed by atoms with E-state index in [9.17, 15) is 17.6 Å². The summed E-state index contributed by atoms with van der Waals surface area (Å²) < 4.78 is 41.6. The molecular formula is C21H23FN2O3S. The van der Waals surface area contributed by atoms with E-state index in [1.165, 1.54) is 26.9 Å². The first-order valence-corrected chi connectivity index (χ1v) is 11.1. The number of amides is 1. The number of carbonyl (C=O) groups excluding carboxylic acids is 1. The number of hydrogen-bond donors (Lipinski definition) is 0. The van der Waals surface area contributed by atoms with Crippen LogP contribution in [0.4, 0.5) is 4.39 Å². The first kappa shape index (κ1) is 19.1. The second-order valence-electron chi connectivity index (χ2n) is 7.31. The molecule has 1 amide bonds. The fourth-order valence-corrected chi connectivity index (χ4v) is 5.52. The van der Waals surface area contributed by atoms with Gasteiger partial charge in [0.2, 0.25) is 10.0 Å². The van der Waals surface area contributed by atoms with Crippen LogP contribution in [-0.2, 0) is 22.9 Å². The lowest BCUT2D eigenvalue weighted by molar-refractivity contribution is 0.0759. The summed E-state index contributed by atoms with van der Waals surface area (Å²) in [5, 5.41) is 0. The lowest BCUT2D eigenvalue weighted by Gasteiger charge is -2.22. The second-order valence-corrected chi connectivity index (χ2v) is 9.25. The first-order chi connectivity index (χ1) is 13.5. The van der Waals surface area contributed by atoms with Crippen LogP contribution in [0.1, 0.15) is 34.3 Å². The summed E-state index contributed by atoms with van der Waals surface area (Å²) in [5.74, 6) is -0.950. The third-order valence-electron chi connectivity index (χ3n) is 5.55. The number of sulfonamides is 1. The predicted octanol–water partition coefficient (Wildman–Crippen LogP) is 2.85. The zero-order valence-corrected chi connectivity index (χ0v) is 16.4. The lowest BCUT2D eigenvalue weighted by Crippen LogP contribution is -2.37. The lowest BCUT2D eigenvalue weighted by atomic mass is 10.1. The van der Waals surface area contributed by atoms with Crippen molar-refractivity contribution in [2.24, 2.45) is 0 Å². The van der Waals surface area contributed by atoms with Crippen molar-refractivity contribution in [3.63, 3.8) is 0 Å². The van der Waals surface area contributed by atoms with Crippen LogP contribution < -0.4 is 0 Å². The number of hydrogen-bond acceptors (Lipinski definition) is 3. The molecule has 0 radical (unpaired) electrons. The van der Waals surface area contributed by atoms with E-state index in [1.807, 2.05) is 6.07 Å². The van der Waals surface area contributed by atoms with Crippen LogP contribution in [-0.4, -0.2) is 49.7 Å². The highest BCUT2D eigenvalue weighted by Crippen LogP contribution is 2.27. The van der Waals surface area contributed by atoms with Crippen LogP contribution in [0.5, 0.6) is 0 Å². The molecule has 0 N–H and O–H groups in total. The van der Waals surface area contributed by atoms with Gasteiger partial charge in [-0.3, -0.25) is 4.79 Å². The molecule has 1 aliphatic heterocycles. The van der Waals surface area contributed by atoms with Gasteiger partial charge >= 0.3 is 0 Å². The van der Waals surface area contributed by atoms with Crippen molar-refractivity contribution in [2.45, 2.75) is 30.6 Å². The molecule has 0 atom stereocenters. The van der Waals surface area contributed by atoms with Gasteiger partial charge < -0.3 is 4.90 Å². The van der Waals surface area contributed by atoms with Crippen LogP contribution >= 0.6 is 0 Å². The highest BCUT2D eigenvalue weighted by molar-refractivity contribution is 7.89. The topological polar surface area (TPSA) is 57.7 Å². The summed E-state index contributed by atoms with van der Waals surface area (Å²) in [7, 11) is -3.61. The summed E-state index contributed by atoms with van der Waals surface area (Å²) in [4.78, 5) is 14.5. The smallest absolute Gasteiger partial charge is 0.256 e. The molecule has 1 heterocycles. The SMILES string of the molecule is O=C(c1ccccc1F)N1CCCN(S(=O)(=O)c2ccc3c(c2)CCC3)CC1. The maximum Gasteiger partial charge on any atom is 0.256 e. The maximum atomic E-state index is 13.9. The van der Waals surface area contributed by atoms with Gasteiger partial charge in [0.25, 0.3) is 5.91 Å². The zero-order valence-electron chi connectivity index (χ0n) is 15.6. The minimum Gasteiger partial charge on any atom is -0.337 e. The van der Waals surface area contributed by atoms with Crippen molar-refractivity contribution < 1.29 is 17.6 Å². The highest BCUT2D eigenvalue weighted by atomic mass is 32.2. The molecule has 2 aromatic carbocycles. The van der Waals surface area contributed by atoms with Crippen LogP contribution in [0.25, 0.3) is 0 Å². The minimum absolute atomic E-state index is 0.0254. The number of halogens is 1. The van der Waals surface area contributed by atoms with E-state index in [0.717, 1.165) is 24.8 Å². The Kier molecular flexibility index (Phi) is 5.21. The van der Waals surface area contributed by atoms with Crippen molar-refractivity contribution in [1.82, 2.24) is 9.21 Å². The standard InChI is InChI=1S/C21H23FN2O3S/c22-20-8-2-1-7-19(20)21(25)23-11-4-12-24(14-13-23)28(26,27)18-10-9-16-5-3-6-17(16)15-18/h1-2,7-10,15H,3-6,11-14H2. The molecule has 0 aromatic heterocycles. The van der Waals surface area contributed by atoms with E-state index in [0.29, 0.717) is 24.4 Å². The Hall–Kier alpha value is -2.25. The molecule has 0 spiro atoms. The summed E-state index contributed by atoms with van der Waals surface area (Å²) in [6, 6.07) is 11.3. The van der Waals surface area contributed by atoms with Crippen molar-refractivity contribution in [2.75, 3.05) is 26.2 Å². The van der Waals surface area contributed by atoms with Gasteiger partial charge in [-0.1, -0.05) is 18.2 Å². The average Bonchev–Trinajstić information content (AvgIpc) is 3.02. The van der Waals surface area contributed by atoms with Crippen LogP contribution in [0.3, 0.4) is 0 Å². The van der Waals surface area contributed by atoms with Gasteiger partial charge in [-0.25, -0.2) is 12.8 Å². The number of benzene rings is 2. The molecule has 2 aliphatic rings. The summed E-state index contributed by atoms with van der Waals surface area (Å²) >= 11 is 0. The Morgan fingerprint density at radius 3 is 2.50 bits per heavy atom. The number of carbonyl (C=O) groups is 1. The Morgan fingerprint density at radius 2 is 1.68 bits per heavy atom. The van der Waals surface area contributed by atoms with Crippen LogP contribution in [0, 0.1) is 5.82 Å². The second kappa shape index (κ2) is 7.64. The zero-order chi connectivity index (χ0) is 19.7. The average molecular weight is 402 g/mol. The largest absolute Gasteiger partial charge is 0.337 e. The number of nitrogens with zero attached hydrogens (tertiary/aromatic N) is 2. The van der Waals surface area contributed by atoms with Gasteiger partial charge in [-0.05, 0) is 61.1 Å². The molecule has 4 rings (SSSR count). The molecule has 5 nitrogen and oxygen atoms in total. The fourth-order valence-electron chi connectivity index (χ4n) is 4.00. The van der Waals surface area contributed by atoms with E-state index >= 15 is 0 Å². The number of rotatable bonds is 3. The monoisotopic (exact) mass is 402 g/mol. The van der Waals surface area contributed by atoms with Crippen molar-refractivity contribution in [1.29, 1.82) is 0 Å². The molecular weight excluding hydrogens is 379 g/mol. The van der Waals surface area contributed by atoms with Gasteiger partial charge in [-0.15, -0.1) is 0 Å². The fraction of sp³-hybridized carbons (Fsp3) is 0.381. The van der Waals surface area contributed by atoms with E-state index in [-0.39, 0.29) is 18.7 Å². The quantitative estimate of drug-likeness (QED) is 0.793. The van der Waals surface area contributed by atoms with Crippen molar-refractivity contribution >= 4 is 15.9 Å². The van der Waals surface area contributed by atoms with Gasteiger partial charge in [0.05, 0.1) is 10.5 Å². The summed E-state index contributed by atoms with van der Waals surface area (Å²) in [5.41, 5.74) is 2.38. The highest BCUT2D eigenvalue weighted by Gasteiger charge is 2.30. The van der Waals surface area contributed by atoms with Crippen LogP contribution in [0.2, 0.25) is 0 Å². The molecule has 2 aromatic rings. The van der Waals surface area contributed by atoms with Gasteiger partial charge in [0.1, 0.15) is 5.82 Å². The van der Waals surface area contributed by atoms with Crippen LogP contribution in [0.15, 0.2) is 47.4 Å². The molecule has 148 valence electrons. The number of aryl methyl sites for hydroxylation is 2. The third kappa shape index (κ3) is 3.56. The van der Waals surface area contributed by atoms with E-state index in [4.69, 9.17) is 0 Å². The molecule has 0 saturated carbocycles. The Balaban J connectivity index is 1.51. The molecule has 0 unspecified atom stereocenters. The van der Waals surface area contributed by atoms with E-state index in [2.05, 4.69) is 0 Å². The number of fused-ring (bicyclic) bond motifs is 1. The summed E-state index contributed by atoms with van der Waals surface area (Å²) in [6.45, 7) is 1.21. The molecule has 1 saturated heterocycles. The van der Waals surface area contributed by atoms with Gasteiger partial charge in [0, 0.05) is 26.2 Å². The summed E-state index contributed by atoms with van der Waals surface area (Å²) in [6.07, 6.45) is 3.51. The Labute approximate surface area is 164 Å². The molecule has 0 bridgehead atoms. The molecule has 7 heteroatoms. The first-order valence-electron chi connectivity index (χ1n) is 9.62. The molecule has 28 heavy (non-hydrogen) atoms. The van der Waals surface area contributed by atoms with Gasteiger partial charge in [0.15, 0.2) is 0 Å². The molecule has 1 fully saturated rings. The molecule has 1 aliphatic carbocycles.